The summed E-state index contributed by atoms with van der Waals surface area (Å²) in [6.07, 6.45) is 2.37. The summed E-state index contributed by atoms with van der Waals surface area (Å²) >= 11 is 0. The van der Waals surface area contributed by atoms with Gasteiger partial charge in [0.15, 0.2) is 0 Å². The number of anilines is 2. The van der Waals surface area contributed by atoms with E-state index in [0.29, 0.717) is 6.04 Å². The van der Waals surface area contributed by atoms with Crippen molar-refractivity contribution in [2.24, 2.45) is 0 Å². The molecule has 1 aromatic rings. The quantitative estimate of drug-likeness (QED) is 0.791. The molecule has 20 heavy (non-hydrogen) atoms. The van der Waals surface area contributed by atoms with Crippen LogP contribution in [0.3, 0.4) is 0 Å². The molecule has 3 N–H and O–H groups in total. The predicted molar refractivity (Wildman–Crippen MR) is 83.3 cm³/mol. The van der Waals surface area contributed by atoms with Crippen molar-refractivity contribution in [3.05, 3.63) is 24.3 Å². The minimum absolute atomic E-state index is 0.197. The second-order valence-corrected chi connectivity index (χ2v) is 5.13. The van der Waals surface area contributed by atoms with E-state index in [1.54, 1.807) is 7.05 Å². The lowest BCUT2D eigenvalue weighted by atomic mass is 10.0. The van der Waals surface area contributed by atoms with Crippen LogP contribution in [0.2, 0.25) is 0 Å². The average molecular weight is 276 g/mol. The highest BCUT2D eigenvalue weighted by molar-refractivity contribution is 5.89. The minimum atomic E-state index is -0.197. The Hall–Kier alpha value is -1.75. The maximum absolute atomic E-state index is 11.2. The summed E-state index contributed by atoms with van der Waals surface area (Å²) in [5.41, 5.74) is 1.91. The van der Waals surface area contributed by atoms with Crippen LogP contribution in [0.25, 0.3) is 0 Å². The Balaban J connectivity index is 1.83. The summed E-state index contributed by atoms with van der Waals surface area (Å²) in [6.45, 7) is 5.70. The van der Waals surface area contributed by atoms with Crippen molar-refractivity contribution in [3.8, 4) is 0 Å². The number of carbonyl (C=O) groups is 1. The first-order valence-electron chi connectivity index (χ1n) is 7.29. The third-order valence-electron chi connectivity index (χ3n) is 3.78. The third kappa shape index (κ3) is 4.13. The molecule has 0 bridgehead atoms. The van der Waals surface area contributed by atoms with E-state index in [2.05, 4.69) is 27.8 Å². The summed E-state index contributed by atoms with van der Waals surface area (Å²) in [6, 6.07) is 8.21. The number of benzene rings is 1. The predicted octanol–water partition coefficient (Wildman–Crippen LogP) is 2.33. The standard InChI is InChI=1S/C15H24N4O/c1-3-19-10-8-14(9-11-19)17-12-4-6-13(7-5-12)18-15(20)16-2/h4-7,14,17H,3,8-11H2,1-2H3,(H2,16,18,20). The van der Waals surface area contributed by atoms with Gasteiger partial charge in [-0.2, -0.15) is 0 Å². The topological polar surface area (TPSA) is 56.4 Å². The van der Waals surface area contributed by atoms with E-state index in [1.165, 1.54) is 25.9 Å². The molecule has 0 spiro atoms. The number of nitrogens with zero attached hydrogens (tertiary/aromatic N) is 1. The normalized spacial score (nSPS) is 16.7. The number of hydrogen-bond acceptors (Lipinski definition) is 3. The molecular weight excluding hydrogens is 252 g/mol. The Morgan fingerprint density at radius 2 is 1.80 bits per heavy atom. The first-order valence-corrected chi connectivity index (χ1v) is 7.29. The molecule has 1 aromatic carbocycles. The van der Waals surface area contributed by atoms with E-state index < -0.39 is 0 Å². The SMILES string of the molecule is CCN1CCC(Nc2ccc(NC(=O)NC)cc2)CC1. The van der Waals surface area contributed by atoms with Crippen molar-refractivity contribution in [3.63, 3.8) is 0 Å². The first-order chi connectivity index (χ1) is 9.71. The van der Waals surface area contributed by atoms with Gasteiger partial charge in [0, 0.05) is 37.6 Å². The summed E-state index contributed by atoms with van der Waals surface area (Å²) in [4.78, 5) is 13.7. The fourth-order valence-electron chi connectivity index (χ4n) is 2.47. The van der Waals surface area contributed by atoms with E-state index >= 15 is 0 Å². The molecule has 0 aliphatic carbocycles. The lowest BCUT2D eigenvalue weighted by molar-refractivity contribution is 0.229. The Morgan fingerprint density at radius 3 is 2.35 bits per heavy atom. The largest absolute Gasteiger partial charge is 0.382 e. The number of piperidine rings is 1. The van der Waals surface area contributed by atoms with Crippen LogP contribution in [0.5, 0.6) is 0 Å². The van der Waals surface area contributed by atoms with Crippen LogP contribution in [0, 0.1) is 0 Å². The highest BCUT2D eigenvalue weighted by atomic mass is 16.2. The van der Waals surface area contributed by atoms with E-state index in [-0.39, 0.29) is 6.03 Å². The lowest BCUT2D eigenvalue weighted by Crippen LogP contribution is -2.38. The molecule has 0 atom stereocenters. The molecular formula is C15H24N4O. The van der Waals surface area contributed by atoms with Crippen LogP contribution in [0.4, 0.5) is 16.2 Å². The van der Waals surface area contributed by atoms with Crippen molar-refractivity contribution >= 4 is 17.4 Å². The molecule has 1 saturated heterocycles. The van der Waals surface area contributed by atoms with Gasteiger partial charge in [-0.1, -0.05) is 6.92 Å². The summed E-state index contributed by atoms with van der Waals surface area (Å²) in [5.74, 6) is 0. The molecule has 2 rings (SSSR count). The van der Waals surface area contributed by atoms with E-state index in [9.17, 15) is 4.79 Å². The molecule has 110 valence electrons. The van der Waals surface area contributed by atoms with Gasteiger partial charge in [0.05, 0.1) is 0 Å². The number of urea groups is 1. The molecule has 1 fully saturated rings. The van der Waals surface area contributed by atoms with Crippen LogP contribution >= 0.6 is 0 Å². The first kappa shape index (κ1) is 14.7. The second-order valence-electron chi connectivity index (χ2n) is 5.13. The molecule has 5 nitrogen and oxygen atoms in total. The Morgan fingerprint density at radius 1 is 1.20 bits per heavy atom. The number of amides is 2. The average Bonchev–Trinajstić information content (AvgIpc) is 2.50. The van der Waals surface area contributed by atoms with Crippen molar-refractivity contribution in [2.75, 3.05) is 37.3 Å². The molecule has 1 aliphatic rings. The van der Waals surface area contributed by atoms with Crippen molar-refractivity contribution in [1.82, 2.24) is 10.2 Å². The number of likely N-dealkylation sites (tertiary alicyclic amines) is 1. The molecule has 5 heteroatoms. The maximum atomic E-state index is 11.2. The van der Waals surface area contributed by atoms with Crippen LogP contribution < -0.4 is 16.0 Å². The smallest absolute Gasteiger partial charge is 0.318 e. The molecule has 2 amide bonds. The Bertz CT molecular complexity index is 424. The van der Waals surface area contributed by atoms with Gasteiger partial charge in [0.1, 0.15) is 0 Å². The molecule has 0 aromatic heterocycles. The van der Waals surface area contributed by atoms with E-state index in [4.69, 9.17) is 0 Å². The fourth-order valence-corrected chi connectivity index (χ4v) is 2.47. The van der Waals surface area contributed by atoms with Gasteiger partial charge in [0.2, 0.25) is 0 Å². The highest BCUT2D eigenvalue weighted by Crippen LogP contribution is 2.18. The fraction of sp³-hybridized carbons (Fsp3) is 0.533. The van der Waals surface area contributed by atoms with Gasteiger partial charge in [-0.3, -0.25) is 0 Å². The Labute approximate surface area is 120 Å². The third-order valence-corrected chi connectivity index (χ3v) is 3.78. The van der Waals surface area contributed by atoms with Gasteiger partial charge < -0.3 is 20.9 Å². The van der Waals surface area contributed by atoms with Gasteiger partial charge in [-0.15, -0.1) is 0 Å². The van der Waals surface area contributed by atoms with Gasteiger partial charge >= 0.3 is 6.03 Å². The number of hydrogen-bond donors (Lipinski definition) is 3. The van der Waals surface area contributed by atoms with Gasteiger partial charge in [0.25, 0.3) is 0 Å². The monoisotopic (exact) mass is 276 g/mol. The zero-order chi connectivity index (χ0) is 14.4. The minimum Gasteiger partial charge on any atom is -0.382 e. The number of rotatable bonds is 4. The van der Waals surface area contributed by atoms with E-state index in [0.717, 1.165) is 17.9 Å². The Kier molecular flexibility index (Phi) is 5.24. The number of carbonyl (C=O) groups excluding carboxylic acids is 1. The summed E-state index contributed by atoms with van der Waals surface area (Å²) in [5, 5.41) is 8.85. The summed E-state index contributed by atoms with van der Waals surface area (Å²) in [7, 11) is 1.61. The van der Waals surface area contributed by atoms with Crippen molar-refractivity contribution in [2.45, 2.75) is 25.8 Å². The lowest BCUT2D eigenvalue weighted by Gasteiger charge is -2.32. The van der Waals surface area contributed by atoms with Crippen LogP contribution in [0.15, 0.2) is 24.3 Å². The van der Waals surface area contributed by atoms with Gasteiger partial charge in [-0.05, 0) is 43.7 Å². The second kappa shape index (κ2) is 7.14. The van der Waals surface area contributed by atoms with E-state index in [1.807, 2.05) is 24.3 Å². The molecule has 0 saturated carbocycles. The molecule has 1 aliphatic heterocycles. The molecule has 1 heterocycles. The van der Waals surface area contributed by atoms with Crippen LogP contribution in [-0.2, 0) is 0 Å². The molecule has 0 radical (unpaired) electrons. The van der Waals surface area contributed by atoms with Crippen LogP contribution in [-0.4, -0.2) is 43.7 Å². The molecule has 0 unspecified atom stereocenters. The maximum Gasteiger partial charge on any atom is 0.318 e. The zero-order valence-corrected chi connectivity index (χ0v) is 12.3. The van der Waals surface area contributed by atoms with Crippen molar-refractivity contribution in [1.29, 1.82) is 0 Å². The van der Waals surface area contributed by atoms with Crippen molar-refractivity contribution < 1.29 is 4.79 Å². The van der Waals surface area contributed by atoms with Crippen LogP contribution in [0.1, 0.15) is 19.8 Å². The summed E-state index contributed by atoms with van der Waals surface area (Å²) < 4.78 is 0. The zero-order valence-electron chi connectivity index (χ0n) is 12.3. The number of nitrogens with one attached hydrogen (secondary N) is 3. The van der Waals surface area contributed by atoms with Gasteiger partial charge in [-0.25, -0.2) is 4.79 Å². The highest BCUT2D eigenvalue weighted by Gasteiger charge is 2.17.